The number of alkyl halides is 3. The topological polar surface area (TPSA) is 25.8 Å². The highest BCUT2D eigenvalue weighted by Crippen LogP contribution is 2.31. The molecule has 94 valence electrons. The third-order valence-electron chi connectivity index (χ3n) is 1.98. The lowest BCUT2D eigenvalue weighted by Gasteiger charge is -2.06. The standard InChI is InChI=1S/C11H6ClF3N2S/c12-9-5-8(3-4-16-9)18-10-2-1-7(6-17-10)11(13,14)15/h1-6H. The molecule has 0 radical (unpaired) electrons. The molecule has 0 atom stereocenters. The Morgan fingerprint density at radius 3 is 2.44 bits per heavy atom. The average molecular weight is 291 g/mol. The Balaban J connectivity index is 2.16. The fourth-order valence-electron chi connectivity index (χ4n) is 1.18. The van der Waals surface area contributed by atoms with Crippen molar-refractivity contribution in [3.8, 4) is 0 Å². The Hall–Kier alpha value is -1.27. The molecule has 2 heterocycles. The van der Waals surface area contributed by atoms with E-state index in [-0.39, 0.29) is 0 Å². The van der Waals surface area contributed by atoms with Gasteiger partial charge in [0.05, 0.1) is 5.56 Å². The first-order valence-corrected chi connectivity index (χ1v) is 5.97. The Labute approximate surface area is 110 Å². The van der Waals surface area contributed by atoms with Gasteiger partial charge >= 0.3 is 6.18 Å². The summed E-state index contributed by atoms with van der Waals surface area (Å²) in [6.45, 7) is 0. The van der Waals surface area contributed by atoms with Crippen molar-refractivity contribution in [1.29, 1.82) is 0 Å². The molecule has 0 N–H and O–H groups in total. The smallest absolute Gasteiger partial charge is 0.249 e. The van der Waals surface area contributed by atoms with Crippen LogP contribution in [0, 0.1) is 0 Å². The number of pyridine rings is 2. The second-order valence-electron chi connectivity index (χ2n) is 3.30. The Morgan fingerprint density at radius 2 is 1.89 bits per heavy atom. The SMILES string of the molecule is FC(F)(F)c1ccc(Sc2ccnc(Cl)c2)nc1. The van der Waals surface area contributed by atoms with E-state index in [9.17, 15) is 13.2 Å². The van der Waals surface area contributed by atoms with E-state index in [0.29, 0.717) is 10.2 Å². The van der Waals surface area contributed by atoms with Gasteiger partial charge in [0.2, 0.25) is 0 Å². The zero-order chi connectivity index (χ0) is 13.2. The Bertz CT molecular complexity index is 543. The molecule has 0 aromatic carbocycles. The van der Waals surface area contributed by atoms with E-state index in [4.69, 9.17) is 11.6 Å². The maximum absolute atomic E-state index is 12.3. The molecule has 2 nitrogen and oxygen atoms in total. The summed E-state index contributed by atoms with van der Waals surface area (Å²) >= 11 is 6.92. The minimum absolute atomic E-state index is 0.326. The van der Waals surface area contributed by atoms with Crippen LogP contribution in [-0.2, 0) is 6.18 Å². The first-order chi connectivity index (χ1) is 8.45. The number of halogens is 4. The van der Waals surface area contributed by atoms with Gasteiger partial charge in [-0.1, -0.05) is 23.4 Å². The lowest BCUT2D eigenvalue weighted by Crippen LogP contribution is -2.04. The van der Waals surface area contributed by atoms with Crippen molar-refractivity contribution in [2.45, 2.75) is 16.1 Å². The minimum atomic E-state index is -4.36. The van der Waals surface area contributed by atoms with Gasteiger partial charge < -0.3 is 0 Å². The highest BCUT2D eigenvalue weighted by molar-refractivity contribution is 7.99. The number of aromatic nitrogens is 2. The number of hydrogen-bond donors (Lipinski definition) is 0. The molecule has 0 aliphatic heterocycles. The number of nitrogens with zero attached hydrogens (tertiary/aromatic N) is 2. The van der Waals surface area contributed by atoms with Gasteiger partial charge in [0.25, 0.3) is 0 Å². The van der Waals surface area contributed by atoms with Crippen molar-refractivity contribution in [3.05, 3.63) is 47.4 Å². The fourth-order valence-corrected chi connectivity index (χ4v) is 2.20. The highest BCUT2D eigenvalue weighted by atomic mass is 35.5. The Kier molecular flexibility index (Phi) is 3.77. The van der Waals surface area contributed by atoms with E-state index in [2.05, 4.69) is 9.97 Å². The molecule has 0 saturated carbocycles. The molecule has 0 spiro atoms. The Morgan fingerprint density at radius 1 is 1.11 bits per heavy atom. The van der Waals surface area contributed by atoms with Crippen LogP contribution >= 0.6 is 23.4 Å². The summed E-state index contributed by atoms with van der Waals surface area (Å²) in [5.41, 5.74) is -0.764. The lowest BCUT2D eigenvalue weighted by atomic mass is 10.3. The van der Waals surface area contributed by atoms with Crippen LogP contribution in [0.5, 0.6) is 0 Å². The molecular weight excluding hydrogens is 285 g/mol. The van der Waals surface area contributed by atoms with E-state index < -0.39 is 11.7 Å². The summed E-state index contributed by atoms with van der Waals surface area (Å²) in [4.78, 5) is 8.33. The van der Waals surface area contributed by atoms with Crippen molar-refractivity contribution in [2.24, 2.45) is 0 Å². The molecule has 0 aliphatic carbocycles. The van der Waals surface area contributed by atoms with E-state index in [1.165, 1.54) is 24.0 Å². The second kappa shape index (κ2) is 5.16. The molecule has 7 heteroatoms. The predicted octanol–water partition coefficient (Wildman–Crippen LogP) is 4.30. The van der Waals surface area contributed by atoms with Crippen LogP contribution in [0.1, 0.15) is 5.56 Å². The highest BCUT2D eigenvalue weighted by Gasteiger charge is 2.30. The molecule has 0 bridgehead atoms. The monoisotopic (exact) mass is 290 g/mol. The number of hydrogen-bond acceptors (Lipinski definition) is 3. The van der Waals surface area contributed by atoms with Crippen LogP contribution in [-0.4, -0.2) is 9.97 Å². The lowest BCUT2D eigenvalue weighted by molar-refractivity contribution is -0.137. The van der Waals surface area contributed by atoms with Crippen LogP contribution in [0.3, 0.4) is 0 Å². The molecule has 0 amide bonds. The molecule has 2 aromatic heterocycles. The van der Waals surface area contributed by atoms with E-state index in [1.807, 2.05) is 0 Å². The van der Waals surface area contributed by atoms with Crippen molar-refractivity contribution in [1.82, 2.24) is 9.97 Å². The summed E-state index contributed by atoms with van der Waals surface area (Å²) in [5.74, 6) is 0. The molecule has 0 saturated heterocycles. The van der Waals surface area contributed by atoms with E-state index in [0.717, 1.165) is 17.2 Å². The quantitative estimate of drug-likeness (QED) is 0.771. The van der Waals surface area contributed by atoms with Gasteiger partial charge in [-0.05, 0) is 24.3 Å². The summed E-state index contributed by atoms with van der Waals surface area (Å²) in [6.07, 6.45) is -2.03. The first-order valence-electron chi connectivity index (χ1n) is 4.78. The van der Waals surface area contributed by atoms with Crippen LogP contribution in [0.15, 0.2) is 46.6 Å². The molecule has 0 aliphatic rings. The van der Waals surface area contributed by atoms with Gasteiger partial charge in [-0.2, -0.15) is 13.2 Å². The van der Waals surface area contributed by atoms with Crippen LogP contribution in [0.4, 0.5) is 13.2 Å². The van der Waals surface area contributed by atoms with Gasteiger partial charge in [0, 0.05) is 17.3 Å². The summed E-state index contributed by atoms with van der Waals surface area (Å²) in [7, 11) is 0. The summed E-state index contributed by atoms with van der Waals surface area (Å²) in [5, 5.41) is 0.789. The molecule has 2 rings (SSSR count). The van der Waals surface area contributed by atoms with Gasteiger partial charge in [0.15, 0.2) is 0 Å². The maximum atomic E-state index is 12.3. The van der Waals surface area contributed by atoms with Crippen LogP contribution in [0.2, 0.25) is 5.15 Å². The summed E-state index contributed by atoms with van der Waals surface area (Å²) in [6, 6.07) is 5.64. The van der Waals surface area contributed by atoms with Crippen molar-refractivity contribution in [3.63, 3.8) is 0 Å². The first kappa shape index (κ1) is 13.2. The van der Waals surface area contributed by atoms with Crippen molar-refractivity contribution >= 4 is 23.4 Å². The zero-order valence-electron chi connectivity index (χ0n) is 8.78. The van der Waals surface area contributed by atoms with E-state index >= 15 is 0 Å². The molecule has 0 unspecified atom stereocenters. The predicted molar refractivity (Wildman–Crippen MR) is 62.6 cm³/mol. The van der Waals surface area contributed by atoms with Gasteiger partial charge in [-0.15, -0.1) is 0 Å². The maximum Gasteiger partial charge on any atom is 0.417 e. The van der Waals surface area contributed by atoms with Gasteiger partial charge in [0.1, 0.15) is 10.2 Å². The molecular formula is C11H6ClF3N2S. The fraction of sp³-hybridized carbons (Fsp3) is 0.0909. The van der Waals surface area contributed by atoms with Gasteiger partial charge in [-0.25, -0.2) is 9.97 Å². The van der Waals surface area contributed by atoms with Crippen molar-refractivity contribution in [2.75, 3.05) is 0 Å². The third kappa shape index (κ3) is 3.36. The normalized spacial score (nSPS) is 11.6. The van der Waals surface area contributed by atoms with Crippen LogP contribution in [0.25, 0.3) is 0 Å². The largest absolute Gasteiger partial charge is 0.417 e. The third-order valence-corrected chi connectivity index (χ3v) is 3.13. The molecule has 2 aromatic rings. The average Bonchev–Trinajstić information content (AvgIpc) is 2.28. The van der Waals surface area contributed by atoms with Crippen LogP contribution < -0.4 is 0 Å². The van der Waals surface area contributed by atoms with Gasteiger partial charge in [-0.3, -0.25) is 0 Å². The van der Waals surface area contributed by atoms with Crippen molar-refractivity contribution < 1.29 is 13.2 Å². The van der Waals surface area contributed by atoms with E-state index in [1.54, 1.807) is 12.1 Å². The molecule has 18 heavy (non-hydrogen) atoms. The second-order valence-corrected chi connectivity index (χ2v) is 4.78. The summed E-state index contributed by atoms with van der Waals surface area (Å²) < 4.78 is 37.0. The number of rotatable bonds is 2. The zero-order valence-corrected chi connectivity index (χ0v) is 10.4. The minimum Gasteiger partial charge on any atom is -0.249 e. The molecule has 0 fully saturated rings.